The van der Waals surface area contributed by atoms with E-state index in [-0.39, 0.29) is 18.1 Å². The minimum atomic E-state index is -0.611. The molecule has 0 radical (unpaired) electrons. The van der Waals surface area contributed by atoms with Crippen molar-refractivity contribution in [1.29, 1.82) is 5.26 Å². The van der Waals surface area contributed by atoms with Gasteiger partial charge in [0.2, 0.25) is 0 Å². The highest BCUT2D eigenvalue weighted by Gasteiger charge is 2.27. The summed E-state index contributed by atoms with van der Waals surface area (Å²) in [5.74, 6) is -0.0953. The van der Waals surface area contributed by atoms with Crippen LogP contribution in [0.4, 0.5) is 5.82 Å². The molecule has 2 N–H and O–H groups in total. The SMILES string of the molecule is CCOC(=O)C(C#N)=C(CC)OCC.CCOC(=O)c1c(CC)nn(C2CCCC2)c1N. The van der Waals surface area contributed by atoms with Crippen molar-refractivity contribution in [2.45, 2.75) is 79.2 Å². The van der Waals surface area contributed by atoms with E-state index in [0.29, 0.717) is 49.2 Å². The van der Waals surface area contributed by atoms with E-state index >= 15 is 0 Å². The highest BCUT2D eigenvalue weighted by atomic mass is 16.5. The van der Waals surface area contributed by atoms with Crippen LogP contribution in [0.5, 0.6) is 0 Å². The van der Waals surface area contributed by atoms with Crippen molar-refractivity contribution in [3.8, 4) is 6.07 Å². The monoisotopic (exact) mass is 448 g/mol. The quantitative estimate of drug-likeness (QED) is 0.259. The predicted molar refractivity (Wildman–Crippen MR) is 121 cm³/mol. The number of rotatable bonds is 9. The number of nitrogen functional groups attached to an aromatic ring is 1. The van der Waals surface area contributed by atoms with Gasteiger partial charge in [-0.25, -0.2) is 14.3 Å². The fraction of sp³-hybridized carbons (Fsp3) is 0.652. The van der Waals surface area contributed by atoms with Crippen LogP contribution in [-0.4, -0.2) is 41.5 Å². The van der Waals surface area contributed by atoms with Gasteiger partial charge in [-0.15, -0.1) is 0 Å². The molecule has 0 aromatic carbocycles. The van der Waals surface area contributed by atoms with Crippen LogP contribution >= 0.6 is 0 Å². The molecule has 32 heavy (non-hydrogen) atoms. The fourth-order valence-electron chi connectivity index (χ4n) is 3.55. The zero-order valence-corrected chi connectivity index (χ0v) is 19.9. The van der Waals surface area contributed by atoms with E-state index in [0.717, 1.165) is 18.5 Å². The Morgan fingerprint density at radius 2 is 1.66 bits per heavy atom. The minimum Gasteiger partial charge on any atom is -0.497 e. The second-order valence-corrected chi connectivity index (χ2v) is 7.08. The molecule has 1 aromatic heterocycles. The number of anilines is 1. The van der Waals surface area contributed by atoms with Crippen molar-refractivity contribution in [2.75, 3.05) is 25.6 Å². The number of carbonyl (C=O) groups excluding carboxylic acids is 2. The number of nitriles is 1. The molecule has 1 aliphatic carbocycles. The first kappa shape index (κ1) is 27.0. The van der Waals surface area contributed by atoms with Crippen molar-refractivity contribution in [3.05, 3.63) is 22.6 Å². The van der Waals surface area contributed by atoms with Gasteiger partial charge in [0, 0.05) is 6.42 Å². The number of hydrogen-bond donors (Lipinski definition) is 1. The van der Waals surface area contributed by atoms with Gasteiger partial charge in [0.25, 0.3) is 0 Å². The molecule has 0 bridgehead atoms. The van der Waals surface area contributed by atoms with Crippen LogP contribution in [0, 0.1) is 11.3 Å². The predicted octanol–water partition coefficient (Wildman–Crippen LogP) is 4.09. The van der Waals surface area contributed by atoms with Crippen LogP contribution < -0.4 is 5.73 Å². The molecular formula is C23H36N4O5. The summed E-state index contributed by atoms with van der Waals surface area (Å²) >= 11 is 0. The van der Waals surface area contributed by atoms with E-state index in [1.54, 1.807) is 26.8 Å². The van der Waals surface area contributed by atoms with Gasteiger partial charge in [-0.1, -0.05) is 26.7 Å². The number of hydrogen-bond acceptors (Lipinski definition) is 8. The van der Waals surface area contributed by atoms with E-state index in [2.05, 4.69) is 5.10 Å². The Bertz CT molecular complexity index is 832. The van der Waals surface area contributed by atoms with Crippen LogP contribution in [-0.2, 0) is 25.4 Å². The highest BCUT2D eigenvalue weighted by Crippen LogP contribution is 2.33. The molecule has 0 atom stereocenters. The van der Waals surface area contributed by atoms with Gasteiger partial charge >= 0.3 is 11.9 Å². The van der Waals surface area contributed by atoms with Gasteiger partial charge < -0.3 is 19.9 Å². The van der Waals surface area contributed by atoms with Crippen LogP contribution in [0.1, 0.15) is 88.8 Å². The molecule has 0 saturated heterocycles. The molecule has 0 unspecified atom stereocenters. The summed E-state index contributed by atoms with van der Waals surface area (Å²) in [4.78, 5) is 23.2. The third-order valence-electron chi connectivity index (χ3n) is 5.01. The number of esters is 2. The second kappa shape index (κ2) is 14.1. The van der Waals surface area contributed by atoms with Gasteiger partial charge in [0.15, 0.2) is 5.57 Å². The van der Waals surface area contributed by atoms with Gasteiger partial charge in [-0.3, -0.25) is 0 Å². The summed E-state index contributed by atoms with van der Waals surface area (Å²) in [5, 5.41) is 13.3. The molecule has 1 heterocycles. The third-order valence-corrected chi connectivity index (χ3v) is 5.01. The van der Waals surface area contributed by atoms with Crippen LogP contribution in [0.25, 0.3) is 0 Å². The van der Waals surface area contributed by atoms with Gasteiger partial charge in [0.1, 0.15) is 23.2 Å². The zero-order chi connectivity index (χ0) is 24.1. The summed E-state index contributed by atoms with van der Waals surface area (Å²) < 4.78 is 16.8. The average Bonchev–Trinajstić information content (AvgIpc) is 3.42. The van der Waals surface area contributed by atoms with E-state index < -0.39 is 5.97 Å². The Labute approximate surface area is 190 Å². The number of aryl methyl sites for hydroxylation is 1. The standard InChI is InChI=1S/C13H21N3O2.C10H15NO3/c1-3-10-11(13(17)18-4-2)12(14)16(15-10)9-7-5-6-8-9;1-4-9(13-5-2)8(7-11)10(12)14-6-3/h9H,3-8,14H2,1-2H3;4-6H2,1-3H3. The van der Waals surface area contributed by atoms with Crippen molar-refractivity contribution in [2.24, 2.45) is 0 Å². The molecule has 0 spiro atoms. The maximum atomic E-state index is 11.9. The molecule has 9 heteroatoms. The molecule has 1 saturated carbocycles. The Hall–Kier alpha value is -3.02. The third kappa shape index (κ3) is 7.01. The second-order valence-electron chi connectivity index (χ2n) is 7.08. The molecule has 1 fully saturated rings. The summed E-state index contributed by atoms with van der Waals surface area (Å²) in [5.41, 5.74) is 7.27. The zero-order valence-electron chi connectivity index (χ0n) is 19.9. The van der Waals surface area contributed by atoms with E-state index in [4.69, 9.17) is 25.2 Å². The lowest BCUT2D eigenvalue weighted by Gasteiger charge is -2.11. The Morgan fingerprint density at radius 1 is 1.06 bits per heavy atom. The maximum absolute atomic E-state index is 11.9. The lowest BCUT2D eigenvalue weighted by Crippen LogP contribution is -2.12. The smallest absolute Gasteiger partial charge is 0.352 e. The molecule has 2 rings (SSSR count). The lowest BCUT2D eigenvalue weighted by atomic mass is 10.2. The van der Waals surface area contributed by atoms with Crippen molar-refractivity contribution in [3.63, 3.8) is 0 Å². The Morgan fingerprint density at radius 3 is 2.12 bits per heavy atom. The average molecular weight is 449 g/mol. The molecule has 1 aliphatic rings. The van der Waals surface area contributed by atoms with Crippen molar-refractivity contribution in [1.82, 2.24) is 9.78 Å². The van der Waals surface area contributed by atoms with Gasteiger partial charge in [0.05, 0.1) is 31.6 Å². The first-order valence-electron chi connectivity index (χ1n) is 11.4. The van der Waals surface area contributed by atoms with Gasteiger partial charge in [-0.2, -0.15) is 10.4 Å². The van der Waals surface area contributed by atoms with E-state index in [1.807, 2.05) is 18.5 Å². The Kier molecular flexibility index (Phi) is 11.9. The van der Waals surface area contributed by atoms with Crippen LogP contribution in [0.2, 0.25) is 0 Å². The summed E-state index contributed by atoms with van der Waals surface area (Å²) in [6.07, 6.45) is 5.81. The van der Waals surface area contributed by atoms with Gasteiger partial charge in [-0.05, 0) is 40.0 Å². The number of carbonyl (C=O) groups is 2. The Balaban J connectivity index is 0.000000333. The highest BCUT2D eigenvalue weighted by molar-refractivity contribution is 5.95. The van der Waals surface area contributed by atoms with E-state index in [1.165, 1.54) is 12.8 Å². The number of nitrogens with two attached hydrogens (primary N) is 1. The first-order valence-corrected chi connectivity index (χ1v) is 11.4. The molecule has 178 valence electrons. The molecular weight excluding hydrogens is 412 g/mol. The summed E-state index contributed by atoms with van der Waals surface area (Å²) in [7, 11) is 0. The number of allylic oxidation sites excluding steroid dienone is 1. The minimum absolute atomic E-state index is 0.0313. The largest absolute Gasteiger partial charge is 0.497 e. The number of nitrogens with zero attached hydrogens (tertiary/aromatic N) is 3. The maximum Gasteiger partial charge on any atom is 0.352 e. The number of ether oxygens (including phenoxy) is 3. The van der Waals surface area contributed by atoms with Crippen molar-refractivity contribution >= 4 is 17.8 Å². The molecule has 1 aromatic rings. The molecule has 0 aliphatic heterocycles. The topological polar surface area (TPSA) is 129 Å². The lowest BCUT2D eigenvalue weighted by molar-refractivity contribution is -0.138. The van der Waals surface area contributed by atoms with Crippen LogP contribution in [0.15, 0.2) is 11.3 Å². The normalized spacial score (nSPS) is 14.0. The summed E-state index contributed by atoms with van der Waals surface area (Å²) in [6.45, 7) is 10.1. The van der Waals surface area contributed by atoms with Crippen molar-refractivity contribution < 1.29 is 23.8 Å². The molecule has 9 nitrogen and oxygen atoms in total. The van der Waals surface area contributed by atoms with E-state index in [9.17, 15) is 9.59 Å². The first-order chi connectivity index (χ1) is 15.4. The summed E-state index contributed by atoms with van der Waals surface area (Å²) in [6, 6.07) is 2.15. The van der Waals surface area contributed by atoms with Crippen LogP contribution in [0.3, 0.4) is 0 Å². The number of aromatic nitrogens is 2. The molecule has 0 amide bonds. The fourth-order valence-corrected chi connectivity index (χ4v) is 3.55.